The van der Waals surface area contributed by atoms with Gasteiger partial charge in [0.25, 0.3) is 0 Å². The van der Waals surface area contributed by atoms with E-state index in [2.05, 4.69) is 15.4 Å². The summed E-state index contributed by atoms with van der Waals surface area (Å²) in [5.41, 5.74) is 2.96. The Bertz CT molecular complexity index is 1410. The molecule has 0 saturated carbocycles. The van der Waals surface area contributed by atoms with Gasteiger partial charge < -0.3 is 9.88 Å². The van der Waals surface area contributed by atoms with Crippen LogP contribution in [0.4, 0.5) is 5.82 Å². The van der Waals surface area contributed by atoms with E-state index in [1.54, 1.807) is 10.7 Å². The number of nitrogens with two attached hydrogens (primary N) is 1. The van der Waals surface area contributed by atoms with Crippen LogP contribution in [0.3, 0.4) is 0 Å². The van der Waals surface area contributed by atoms with Crippen molar-refractivity contribution in [1.29, 1.82) is 0 Å². The van der Waals surface area contributed by atoms with Crippen molar-refractivity contribution in [3.05, 3.63) is 60.3 Å². The van der Waals surface area contributed by atoms with Crippen molar-refractivity contribution < 1.29 is 13.2 Å². The number of amides is 1. The van der Waals surface area contributed by atoms with Gasteiger partial charge in [-0.3, -0.25) is 4.79 Å². The highest BCUT2D eigenvalue weighted by atomic mass is 32.2. The summed E-state index contributed by atoms with van der Waals surface area (Å²) >= 11 is 1.29. The van der Waals surface area contributed by atoms with Gasteiger partial charge in [0.2, 0.25) is 15.9 Å². The Morgan fingerprint density at radius 1 is 1.15 bits per heavy atom. The van der Waals surface area contributed by atoms with Crippen molar-refractivity contribution in [2.75, 3.05) is 11.1 Å². The van der Waals surface area contributed by atoms with Crippen LogP contribution in [0.15, 0.2) is 64.6 Å². The van der Waals surface area contributed by atoms with Crippen LogP contribution in [-0.4, -0.2) is 39.4 Å². The number of rotatable bonds is 8. The number of nitrogens with one attached hydrogen (secondary N) is 1. The van der Waals surface area contributed by atoms with E-state index in [-0.39, 0.29) is 16.6 Å². The SMILES string of the molecule is CCCn1c(SCC(=O)Nc2cc(C)nn2-c2ccccc2)nc2cc(S(N)(=O)=O)ccc21. The zero-order chi connectivity index (χ0) is 23.6. The summed E-state index contributed by atoms with van der Waals surface area (Å²) in [6, 6.07) is 16.0. The van der Waals surface area contributed by atoms with Crippen LogP contribution in [-0.2, 0) is 21.4 Å². The fourth-order valence-corrected chi connectivity index (χ4v) is 4.85. The number of imidazole rings is 1. The largest absolute Gasteiger partial charge is 0.319 e. The van der Waals surface area contributed by atoms with E-state index in [0.717, 1.165) is 23.3 Å². The molecule has 0 unspecified atom stereocenters. The maximum Gasteiger partial charge on any atom is 0.238 e. The highest BCUT2D eigenvalue weighted by Gasteiger charge is 2.17. The van der Waals surface area contributed by atoms with Crippen molar-refractivity contribution in [3.63, 3.8) is 0 Å². The molecular weight excluding hydrogens is 460 g/mol. The molecule has 0 saturated heterocycles. The number of nitrogens with zero attached hydrogens (tertiary/aromatic N) is 4. The second kappa shape index (κ2) is 9.38. The van der Waals surface area contributed by atoms with Crippen molar-refractivity contribution in [2.45, 2.75) is 36.9 Å². The van der Waals surface area contributed by atoms with E-state index in [1.807, 2.05) is 54.8 Å². The first-order valence-corrected chi connectivity index (χ1v) is 12.9. The maximum atomic E-state index is 12.7. The number of sulfonamides is 1. The lowest BCUT2D eigenvalue weighted by molar-refractivity contribution is -0.113. The molecule has 2 aromatic heterocycles. The average molecular weight is 485 g/mol. The lowest BCUT2D eigenvalue weighted by Gasteiger charge is -2.10. The molecule has 3 N–H and O–H groups in total. The Kier molecular flexibility index (Phi) is 6.54. The molecular formula is C22H24N6O3S2. The number of primary sulfonamides is 1. The summed E-state index contributed by atoms with van der Waals surface area (Å²) < 4.78 is 27.1. The molecule has 0 spiro atoms. The molecule has 172 valence electrons. The van der Waals surface area contributed by atoms with Crippen LogP contribution in [0.25, 0.3) is 16.7 Å². The number of para-hydroxylation sites is 1. The Morgan fingerprint density at radius 2 is 1.91 bits per heavy atom. The van der Waals surface area contributed by atoms with E-state index < -0.39 is 10.0 Å². The number of anilines is 1. The normalized spacial score (nSPS) is 11.7. The minimum absolute atomic E-state index is 0.00925. The van der Waals surface area contributed by atoms with Crippen molar-refractivity contribution in [3.8, 4) is 5.69 Å². The fourth-order valence-electron chi connectivity index (χ4n) is 3.48. The number of aromatic nitrogens is 4. The van der Waals surface area contributed by atoms with Gasteiger partial charge >= 0.3 is 0 Å². The molecule has 9 nitrogen and oxygen atoms in total. The van der Waals surface area contributed by atoms with Gasteiger partial charge in [0.1, 0.15) is 5.82 Å². The third-order valence-corrected chi connectivity index (χ3v) is 6.78. The molecule has 0 atom stereocenters. The quantitative estimate of drug-likeness (QED) is 0.370. The molecule has 1 amide bonds. The van der Waals surface area contributed by atoms with Gasteiger partial charge in [0.15, 0.2) is 5.16 Å². The lowest BCUT2D eigenvalue weighted by Crippen LogP contribution is -2.17. The van der Waals surface area contributed by atoms with Crippen LogP contribution in [0.5, 0.6) is 0 Å². The van der Waals surface area contributed by atoms with E-state index in [0.29, 0.717) is 23.0 Å². The number of carbonyl (C=O) groups is 1. The molecule has 0 radical (unpaired) electrons. The molecule has 11 heteroatoms. The van der Waals surface area contributed by atoms with Gasteiger partial charge in [-0.2, -0.15) is 5.10 Å². The van der Waals surface area contributed by atoms with Crippen LogP contribution < -0.4 is 10.5 Å². The van der Waals surface area contributed by atoms with Crippen LogP contribution >= 0.6 is 11.8 Å². The number of carbonyl (C=O) groups excluding carboxylic acids is 1. The first-order chi connectivity index (χ1) is 15.8. The molecule has 4 rings (SSSR count). The Hall–Kier alpha value is -3.15. The van der Waals surface area contributed by atoms with Gasteiger partial charge in [0, 0.05) is 12.6 Å². The predicted octanol–water partition coefficient (Wildman–Crippen LogP) is 3.32. The van der Waals surface area contributed by atoms with E-state index >= 15 is 0 Å². The van der Waals surface area contributed by atoms with Crippen LogP contribution in [0.1, 0.15) is 19.0 Å². The molecule has 0 aliphatic heterocycles. The zero-order valence-electron chi connectivity index (χ0n) is 18.2. The number of fused-ring (bicyclic) bond motifs is 1. The summed E-state index contributed by atoms with van der Waals surface area (Å²) in [5, 5.41) is 13.3. The first kappa shape index (κ1) is 23.0. The summed E-state index contributed by atoms with van der Waals surface area (Å²) in [4.78, 5) is 17.3. The smallest absolute Gasteiger partial charge is 0.238 e. The summed E-state index contributed by atoms with van der Waals surface area (Å²) in [6.07, 6.45) is 0.859. The van der Waals surface area contributed by atoms with Crippen LogP contribution in [0, 0.1) is 6.92 Å². The minimum atomic E-state index is -3.82. The van der Waals surface area contributed by atoms with Crippen molar-refractivity contribution in [2.24, 2.45) is 5.14 Å². The van der Waals surface area contributed by atoms with Crippen molar-refractivity contribution in [1.82, 2.24) is 19.3 Å². The van der Waals surface area contributed by atoms with Gasteiger partial charge in [-0.15, -0.1) is 0 Å². The Morgan fingerprint density at radius 3 is 2.61 bits per heavy atom. The zero-order valence-corrected chi connectivity index (χ0v) is 19.9. The second-order valence-electron chi connectivity index (χ2n) is 7.50. The number of benzene rings is 2. The molecule has 0 aliphatic carbocycles. The number of thioether (sulfide) groups is 1. The molecule has 4 aromatic rings. The van der Waals surface area contributed by atoms with Gasteiger partial charge in [-0.05, 0) is 43.7 Å². The lowest BCUT2D eigenvalue weighted by atomic mass is 10.3. The predicted molar refractivity (Wildman–Crippen MR) is 129 cm³/mol. The summed E-state index contributed by atoms with van der Waals surface area (Å²) in [7, 11) is -3.82. The highest BCUT2D eigenvalue weighted by Crippen LogP contribution is 2.27. The highest BCUT2D eigenvalue weighted by molar-refractivity contribution is 7.99. The molecule has 33 heavy (non-hydrogen) atoms. The number of hydrogen-bond acceptors (Lipinski definition) is 6. The topological polar surface area (TPSA) is 125 Å². The molecule has 0 fully saturated rings. The number of aryl methyl sites for hydroxylation is 2. The van der Waals surface area contributed by atoms with E-state index in [9.17, 15) is 13.2 Å². The summed E-state index contributed by atoms with van der Waals surface area (Å²) in [5.74, 6) is 0.523. The molecule has 2 aromatic carbocycles. The fraction of sp³-hybridized carbons (Fsp3) is 0.227. The maximum absolute atomic E-state index is 12.7. The van der Waals surface area contributed by atoms with Gasteiger partial charge in [-0.25, -0.2) is 23.2 Å². The monoisotopic (exact) mass is 484 g/mol. The minimum Gasteiger partial charge on any atom is -0.319 e. The average Bonchev–Trinajstić information content (AvgIpc) is 3.32. The van der Waals surface area contributed by atoms with E-state index in [4.69, 9.17) is 5.14 Å². The first-order valence-electron chi connectivity index (χ1n) is 10.3. The number of hydrogen-bond donors (Lipinski definition) is 2. The van der Waals surface area contributed by atoms with Crippen LogP contribution in [0.2, 0.25) is 0 Å². The standard InChI is InChI=1S/C22H24N6O3S2/c1-3-11-27-19-10-9-17(33(23,30)31)13-18(19)24-22(27)32-14-21(29)25-20-12-15(2)26-28(20)16-7-5-4-6-8-16/h4-10,12-13H,3,11,14H2,1-2H3,(H,25,29)(H2,23,30,31). The molecule has 2 heterocycles. The summed E-state index contributed by atoms with van der Waals surface area (Å²) in [6.45, 7) is 4.60. The molecule has 0 bridgehead atoms. The van der Waals surface area contributed by atoms with E-state index in [1.165, 1.54) is 23.9 Å². The molecule has 0 aliphatic rings. The van der Waals surface area contributed by atoms with Gasteiger partial charge in [-0.1, -0.05) is 36.9 Å². The third-order valence-electron chi connectivity index (χ3n) is 4.89. The Labute approximate surface area is 196 Å². The van der Waals surface area contributed by atoms with Gasteiger partial charge in [0.05, 0.1) is 33.1 Å². The Balaban J connectivity index is 1.54. The second-order valence-corrected chi connectivity index (χ2v) is 10.0. The third kappa shape index (κ3) is 5.10. The van der Waals surface area contributed by atoms with Crippen molar-refractivity contribution >= 4 is 44.5 Å².